The summed E-state index contributed by atoms with van der Waals surface area (Å²) >= 11 is 0.898. The van der Waals surface area contributed by atoms with Crippen molar-refractivity contribution in [2.75, 3.05) is 12.9 Å². The van der Waals surface area contributed by atoms with Crippen LogP contribution in [-0.2, 0) is 33.4 Å². The Morgan fingerprint density at radius 1 is 1.10 bits per heavy atom. The van der Waals surface area contributed by atoms with Crippen LogP contribution in [-0.4, -0.2) is 71.7 Å². The fraction of sp³-hybridized carbons (Fsp3) is 0.579. The molecule has 0 aromatic heterocycles. The van der Waals surface area contributed by atoms with Gasteiger partial charge in [0.05, 0.1) is 18.1 Å². The SMILES string of the molecule is CCCCC1=C2C[C@@H](C)C[C@H](C)[C@H](O)[C@@H](C)/C=C(\C)[C@H](OC(N)=O)[C@@H](C)/C=C\C=C(/C)C(=O)NC(=C(SC[C@H](NC(C)=O)C(=O)OC)C1=O)C2=O. The Bertz CT molecular complexity index is 1510. The van der Waals surface area contributed by atoms with Crippen molar-refractivity contribution in [3.63, 3.8) is 0 Å². The van der Waals surface area contributed by atoms with E-state index in [2.05, 4.69) is 10.6 Å². The minimum absolute atomic E-state index is 0.0245. The van der Waals surface area contributed by atoms with Crippen molar-refractivity contribution in [2.24, 2.45) is 29.4 Å². The van der Waals surface area contributed by atoms with E-state index in [1.807, 2.05) is 47.6 Å². The summed E-state index contributed by atoms with van der Waals surface area (Å²) in [5.41, 5.74) is 6.82. The summed E-state index contributed by atoms with van der Waals surface area (Å²) in [7, 11) is 1.18. The largest absolute Gasteiger partial charge is 0.467 e. The summed E-state index contributed by atoms with van der Waals surface area (Å²) in [6, 6.07) is -1.11. The lowest BCUT2D eigenvalue weighted by Gasteiger charge is -2.29. The van der Waals surface area contributed by atoms with Gasteiger partial charge in [-0.3, -0.25) is 19.2 Å². The first-order valence-corrected chi connectivity index (χ1v) is 18.4. The molecule has 12 nitrogen and oxygen atoms in total. The second-order valence-corrected chi connectivity index (χ2v) is 14.7. The van der Waals surface area contributed by atoms with Crippen molar-refractivity contribution < 1.29 is 43.3 Å². The van der Waals surface area contributed by atoms with E-state index in [0.717, 1.165) is 18.2 Å². The minimum Gasteiger partial charge on any atom is -0.467 e. The number of aliphatic hydroxyl groups excluding tert-OH is 1. The summed E-state index contributed by atoms with van der Waals surface area (Å²) in [5.74, 6) is -3.88. The molecule has 2 bridgehead atoms. The molecule has 0 unspecified atom stereocenters. The van der Waals surface area contributed by atoms with Gasteiger partial charge in [-0.15, -0.1) is 11.8 Å². The van der Waals surface area contributed by atoms with Crippen molar-refractivity contribution in [1.29, 1.82) is 0 Å². The number of hydrogen-bond donors (Lipinski definition) is 4. The van der Waals surface area contributed by atoms with Crippen LogP contribution in [0.25, 0.3) is 0 Å². The third kappa shape index (κ3) is 12.3. The van der Waals surface area contributed by atoms with E-state index >= 15 is 0 Å². The molecule has 0 spiro atoms. The maximum Gasteiger partial charge on any atom is 0.405 e. The maximum absolute atomic E-state index is 14.4. The molecular formula is C38H55N3O9S. The number of ketones is 2. The van der Waals surface area contributed by atoms with Gasteiger partial charge in [0.1, 0.15) is 17.8 Å². The van der Waals surface area contributed by atoms with Crippen LogP contribution in [0.4, 0.5) is 4.79 Å². The van der Waals surface area contributed by atoms with E-state index in [-0.39, 0.29) is 52.0 Å². The summed E-state index contributed by atoms with van der Waals surface area (Å²) in [6.07, 6.45) is 6.86. The molecule has 0 aromatic carbocycles. The number of aliphatic hydroxyl groups is 1. The molecule has 1 aliphatic carbocycles. The molecular weight excluding hydrogens is 674 g/mol. The van der Waals surface area contributed by atoms with Gasteiger partial charge < -0.3 is 30.9 Å². The van der Waals surface area contributed by atoms with Gasteiger partial charge in [-0.1, -0.05) is 65.3 Å². The summed E-state index contributed by atoms with van der Waals surface area (Å²) in [5, 5.41) is 16.6. The maximum atomic E-state index is 14.4. The number of rotatable bonds is 9. The van der Waals surface area contributed by atoms with Crippen LogP contribution in [0.1, 0.15) is 87.5 Å². The fourth-order valence-corrected chi connectivity index (χ4v) is 7.52. The monoisotopic (exact) mass is 729 g/mol. The Labute approximate surface area is 305 Å². The van der Waals surface area contributed by atoms with Crippen LogP contribution in [0, 0.1) is 23.7 Å². The standard InChI is InChI=1S/C38H55N3O9S/c1-10-11-15-27-28-17-20(2)16-23(5)31(43)24(6)18-25(7)34(50-38(39)48)21(3)13-12-14-22(4)36(46)41-30(32(28)44)35(33(27)45)51-19-29(37(47)49-9)40-26(8)42/h12-14,18,20-21,23-24,29,31,34,43H,10-11,15-17,19H2,1-9H3,(H2,39,48)(H,40,42)(H,41,46)/b13-12-,22-14+,25-18+/t20-,21-,23-,24-,29-,31-,34+/m0/s1. The Morgan fingerprint density at radius 2 is 1.76 bits per heavy atom. The van der Waals surface area contributed by atoms with Gasteiger partial charge in [-0.25, -0.2) is 9.59 Å². The van der Waals surface area contributed by atoms with Crippen LogP contribution in [0.5, 0.6) is 0 Å². The van der Waals surface area contributed by atoms with Crippen LogP contribution in [0.2, 0.25) is 0 Å². The number of methoxy groups -OCH3 is 1. The number of carbonyl (C=O) groups excluding carboxylic acids is 6. The molecule has 0 saturated carbocycles. The van der Waals surface area contributed by atoms with Gasteiger partial charge in [0, 0.05) is 41.2 Å². The Morgan fingerprint density at radius 3 is 2.35 bits per heavy atom. The highest BCUT2D eigenvalue weighted by Gasteiger charge is 2.37. The Kier molecular flexibility index (Phi) is 17.1. The zero-order valence-corrected chi connectivity index (χ0v) is 32.1. The Balaban J connectivity index is 2.74. The summed E-state index contributed by atoms with van der Waals surface area (Å²) in [4.78, 5) is 78.4. The number of hydrogen-bond acceptors (Lipinski definition) is 10. The molecule has 7 atom stereocenters. The number of fused-ring (bicyclic) bond motifs is 2. The van der Waals surface area contributed by atoms with E-state index in [1.165, 1.54) is 20.1 Å². The smallest absolute Gasteiger partial charge is 0.405 e. The number of ether oxygens (including phenoxy) is 2. The van der Waals surface area contributed by atoms with Crippen LogP contribution in [0.3, 0.4) is 0 Å². The first-order chi connectivity index (χ1) is 23.9. The fourth-order valence-electron chi connectivity index (χ4n) is 6.42. The number of primary amides is 1. The summed E-state index contributed by atoms with van der Waals surface area (Å²) in [6.45, 7) is 14.2. The third-order valence-electron chi connectivity index (χ3n) is 9.11. The molecule has 1 aliphatic heterocycles. The van der Waals surface area contributed by atoms with Crippen LogP contribution in [0.15, 0.2) is 57.2 Å². The molecule has 0 aromatic rings. The molecule has 282 valence electrons. The molecule has 1 heterocycles. The van der Waals surface area contributed by atoms with Gasteiger partial charge >= 0.3 is 12.1 Å². The predicted molar refractivity (Wildman–Crippen MR) is 197 cm³/mol. The number of allylic oxidation sites excluding steroid dienone is 5. The van der Waals surface area contributed by atoms with Crippen molar-refractivity contribution in [3.05, 3.63) is 57.2 Å². The van der Waals surface area contributed by atoms with E-state index in [9.17, 15) is 33.9 Å². The minimum atomic E-state index is -1.11. The molecule has 51 heavy (non-hydrogen) atoms. The second kappa shape index (κ2) is 20.2. The normalized spacial score (nSPS) is 28.9. The molecule has 2 rings (SSSR count). The number of nitrogens with one attached hydrogen (secondary N) is 2. The highest BCUT2D eigenvalue weighted by atomic mass is 32.2. The molecule has 13 heteroatoms. The highest BCUT2D eigenvalue weighted by molar-refractivity contribution is 8.04. The van der Waals surface area contributed by atoms with Gasteiger partial charge in [0.2, 0.25) is 11.7 Å². The van der Waals surface area contributed by atoms with Gasteiger partial charge in [0.25, 0.3) is 5.91 Å². The lowest BCUT2D eigenvalue weighted by atomic mass is 9.80. The highest BCUT2D eigenvalue weighted by Crippen LogP contribution is 2.37. The quantitative estimate of drug-likeness (QED) is 0.143. The summed E-state index contributed by atoms with van der Waals surface area (Å²) < 4.78 is 10.3. The van der Waals surface area contributed by atoms with E-state index in [4.69, 9.17) is 15.2 Å². The number of unbranched alkanes of at least 4 members (excludes halogenated alkanes) is 1. The predicted octanol–water partition coefficient (Wildman–Crippen LogP) is 4.98. The zero-order valence-electron chi connectivity index (χ0n) is 31.3. The van der Waals surface area contributed by atoms with Crippen LogP contribution < -0.4 is 16.4 Å². The number of nitrogens with two attached hydrogens (primary N) is 1. The molecule has 0 fully saturated rings. The van der Waals surface area contributed by atoms with Gasteiger partial charge in [-0.05, 0) is 56.9 Å². The number of carbonyl (C=O) groups is 6. The number of esters is 1. The Hall–Kier alpha value is -3.97. The zero-order chi connectivity index (χ0) is 38.6. The average Bonchev–Trinajstić information content (AvgIpc) is 3.06. The lowest BCUT2D eigenvalue weighted by Crippen LogP contribution is -2.42. The third-order valence-corrected chi connectivity index (χ3v) is 10.3. The average molecular weight is 730 g/mol. The van der Waals surface area contributed by atoms with Crippen molar-refractivity contribution in [2.45, 2.75) is 106 Å². The molecule has 0 radical (unpaired) electrons. The lowest BCUT2D eigenvalue weighted by molar-refractivity contribution is -0.144. The number of amides is 3. The van der Waals surface area contributed by atoms with E-state index < -0.39 is 53.7 Å². The number of Topliss-reactive ketones (excluding diaryl/α,β-unsaturated/α-hetero) is 2. The van der Waals surface area contributed by atoms with Crippen molar-refractivity contribution >= 4 is 47.2 Å². The first kappa shape index (κ1) is 43.2. The van der Waals surface area contributed by atoms with Gasteiger partial charge in [-0.2, -0.15) is 0 Å². The molecule has 0 saturated heterocycles. The molecule has 5 N–H and O–H groups in total. The van der Waals surface area contributed by atoms with Crippen molar-refractivity contribution in [3.8, 4) is 0 Å². The first-order valence-electron chi connectivity index (χ1n) is 17.4. The molecule has 3 amide bonds. The van der Waals surface area contributed by atoms with Gasteiger partial charge in [0.15, 0.2) is 5.78 Å². The number of thioether (sulfide) groups is 1. The van der Waals surface area contributed by atoms with E-state index in [1.54, 1.807) is 19.1 Å². The van der Waals surface area contributed by atoms with Crippen molar-refractivity contribution in [1.82, 2.24) is 10.6 Å². The topological polar surface area (TPSA) is 191 Å². The second-order valence-electron chi connectivity index (χ2n) is 13.7. The van der Waals surface area contributed by atoms with Crippen LogP contribution >= 0.6 is 11.8 Å². The molecule has 2 aliphatic rings. The van der Waals surface area contributed by atoms with E-state index in [0.29, 0.717) is 36.0 Å².